The fourth-order valence-electron chi connectivity index (χ4n) is 2.67. The summed E-state index contributed by atoms with van der Waals surface area (Å²) in [7, 11) is 1.63. The van der Waals surface area contributed by atoms with E-state index >= 15 is 0 Å². The summed E-state index contributed by atoms with van der Waals surface area (Å²) in [6.45, 7) is 5.80. The molecule has 0 fully saturated rings. The predicted octanol–water partition coefficient (Wildman–Crippen LogP) is 1.81. The number of nitrogens with zero attached hydrogens (tertiary/aromatic N) is 4. The summed E-state index contributed by atoms with van der Waals surface area (Å²) in [4.78, 5) is 13.6. The van der Waals surface area contributed by atoms with E-state index in [1.165, 1.54) is 0 Å². The van der Waals surface area contributed by atoms with Crippen LogP contribution in [-0.4, -0.2) is 39.2 Å². The van der Waals surface area contributed by atoms with Crippen molar-refractivity contribution < 1.29 is 4.74 Å². The highest BCUT2D eigenvalue weighted by molar-refractivity contribution is 5.84. The van der Waals surface area contributed by atoms with E-state index in [0.717, 1.165) is 23.5 Å². The molecule has 0 radical (unpaired) electrons. The Bertz CT molecular complexity index is 921. The molecule has 1 atom stereocenters. The van der Waals surface area contributed by atoms with E-state index in [9.17, 15) is 0 Å². The van der Waals surface area contributed by atoms with Crippen molar-refractivity contribution in [2.45, 2.75) is 33.0 Å². The van der Waals surface area contributed by atoms with Crippen molar-refractivity contribution in [2.75, 3.05) is 30.0 Å². The van der Waals surface area contributed by atoms with Gasteiger partial charge in [0, 0.05) is 31.4 Å². The summed E-state index contributed by atoms with van der Waals surface area (Å²) in [5.41, 5.74) is 15.0. The Morgan fingerprint density at radius 1 is 1.26 bits per heavy atom. The zero-order chi connectivity index (χ0) is 19.4. The van der Waals surface area contributed by atoms with Crippen LogP contribution in [0.1, 0.15) is 19.4 Å². The molecule has 9 heteroatoms. The SMILES string of the molecule is CCn1cnc2c(NCc3cc(OC)ccc3N)nc(NCC(C)N)nc21. The van der Waals surface area contributed by atoms with Crippen LogP contribution in [-0.2, 0) is 13.1 Å². The van der Waals surface area contributed by atoms with E-state index in [0.29, 0.717) is 36.1 Å². The number of nitrogen functional groups attached to an aromatic ring is 1. The Balaban J connectivity index is 1.91. The van der Waals surface area contributed by atoms with Crippen LogP contribution in [0.25, 0.3) is 11.2 Å². The number of benzene rings is 1. The minimum absolute atomic E-state index is 0.00614. The molecule has 0 saturated carbocycles. The van der Waals surface area contributed by atoms with Gasteiger partial charge in [-0.1, -0.05) is 0 Å². The summed E-state index contributed by atoms with van der Waals surface area (Å²) in [6.07, 6.45) is 1.76. The number of hydrogen-bond acceptors (Lipinski definition) is 8. The predicted molar refractivity (Wildman–Crippen MR) is 108 cm³/mol. The van der Waals surface area contributed by atoms with Gasteiger partial charge in [-0.05, 0) is 37.6 Å². The van der Waals surface area contributed by atoms with Crippen LogP contribution in [0.5, 0.6) is 5.75 Å². The van der Waals surface area contributed by atoms with E-state index in [2.05, 4.69) is 25.6 Å². The van der Waals surface area contributed by atoms with Crippen LogP contribution in [0.15, 0.2) is 24.5 Å². The van der Waals surface area contributed by atoms with Gasteiger partial charge in [-0.3, -0.25) is 0 Å². The minimum Gasteiger partial charge on any atom is -0.497 e. The molecule has 3 rings (SSSR count). The normalized spacial score (nSPS) is 12.1. The molecule has 144 valence electrons. The van der Waals surface area contributed by atoms with Gasteiger partial charge in [0.2, 0.25) is 5.95 Å². The van der Waals surface area contributed by atoms with E-state index in [4.69, 9.17) is 16.2 Å². The molecule has 3 aromatic rings. The Morgan fingerprint density at radius 2 is 2.07 bits per heavy atom. The molecular weight excluding hydrogens is 344 g/mol. The van der Waals surface area contributed by atoms with Gasteiger partial charge in [0.15, 0.2) is 17.0 Å². The summed E-state index contributed by atoms with van der Waals surface area (Å²) in [5, 5.41) is 6.50. The second kappa shape index (κ2) is 8.09. The molecule has 0 saturated heterocycles. The van der Waals surface area contributed by atoms with Crippen molar-refractivity contribution in [3.8, 4) is 5.75 Å². The maximum Gasteiger partial charge on any atom is 0.226 e. The number of aromatic nitrogens is 4. The third-order valence-corrected chi connectivity index (χ3v) is 4.18. The van der Waals surface area contributed by atoms with Crippen LogP contribution in [0.2, 0.25) is 0 Å². The molecule has 0 aliphatic rings. The van der Waals surface area contributed by atoms with Gasteiger partial charge >= 0.3 is 0 Å². The third kappa shape index (κ3) is 4.20. The molecule has 0 bridgehead atoms. The number of rotatable bonds is 8. The van der Waals surface area contributed by atoms with Crippen molar-refractivity contribution in [1.82, 2.24) is 19.5 Å². The smallest absolute Gasteiger partial charge is 0.226 e. The average molecular weight is 370 g/mol. The molecule has 0 amide bonds. The maximum atomic E-state index is 6.08. The fraction of sp³-hybridized carbons (Fsp3) is 0.389. The van der Waals surface area contributed by atoms with E-state index in [-0.39, 0.29) is 6.04 Å². The lowest BCUT2D eigenvalue weighted by Crippen LogP contribution is -2.26. The Kier molecular flexibility index (Phi) is 5.60. The number of nitrogens with two attached hydrogens (primary N) is 2. The van der Waals surface area contributed by atoms with Gasteiger partial charge < -0.3 is 31.4 Å². The minimum atomic E-state index is -0.00614. The first-order valence-electron chi connectivity index (χ1n) is 8.90. The van der Waals surface area contributed by atoms with Crippen molar-refractivity contribution in [1.29, 1.82) is 0 Å². The highest BCUT2D eigenvalue weighted by Crippen LogP contribution is 2.24. The standard InChI is InChI=1S/C18H26N8O/c1-4-26-10-23-15-16(24-18(25-17(15)26)22-8-11(2)19)21-9-12-7-13(27-3)5-6-14(12)20/h5-7,10-11H,4,8-9,19-20H2,1-3H3,(H2,21,22,24,25). The van der Waals surface area contributed by atoms with Crippen LogP contribution in [0.4, 0.5) is 17.5 Å². The number of ether oxygens (including phenoxy) is 1. The average Bonchev–Trinajstić information content (AvgIpc) is 3.08. The molecule has 9 nitrogen and oxygen atoms in total. The number of anilines is 3. The van der Waals surface area contributed by atoms with E-state index in [1.54, 1.807) is 13.4 Å². The molecule has 0 aliphatic heterocycles. The van der Waals surface area contributed by atoms with Crippen LogP contribution in [0, 0.1) is 0 Å². The van der Waals surface area contributed by atoms with Crippen molar-refractivity contribution in [3.05, 3.63) is 30.1 Å². The van der Waals surface area contributed by atoms with Crippen molar-refractivity contribution in [2.24, 2.45) is 5.73 Å². The summed E-state index contributed by atoms with van der Waals surface area (Å²) in [5.74, 6) is 1.90. The number of aryl methyl sites for hydroxylation is 1. The molecule has 1 aromatic carbocycles. The van der Waals surface area contributed by atoms with Gasteiger partial charge in [-0.15, -0.1) is 0 Å². The highest BCUT2D eigenvalue weighted by atomic mass is 16.5. The number of methoxy groups -OCH3 is 1. The number of nitrogens with one attached hydrogen (secondary N) is 2. The van der Waals surface area contributed by atoms with E-state index < -0.39 is 0 Å². The number of hydrogen-bond donors (Lipinski definition) is 4. The zero-order valence-corrected chi connectivity index (χ0v) is 15.9. The first-order chi connectivity index (χ1) is 13.0. The van der Waals surface area contributed by atoms with Gasteiger partial charge in [-0.25, -0.2) is 4.98 Å². The molecule has 1 unspecified atom stereocenters. The van der Waals surface area contributed by atoms with Gasteiger partial charge in [-0.2, -0.15) is 9.97 Å². The summed E-state index contributed by atoms with van der Waals surface area (Å²) in [6, 6.07) is 5.56. The van der Waals surface area contributed by atoms with Crippen LogP contribution < -0.4 is 26.8 Å². The van der Waals surface area contributed by atoms with Gasteiger partial charge in [0.05, 0.1) is 13.4 Å². The van der Waals surface area contributed by atoms with E-state index in [1.807, 2.05) is 36.6 Å². The van der Waals surface area contributed by atoms with Crippen molar-refractivity contribution in [3.63, 3.8) is 0 Å². The molecule has 0 aliphatic carbocycles. The topological polar surface area (TPSA) is 129 Å². The number of imidazole rings is 1. The Hall–Kier alpha value is -3.07. The maximum absolute atomic E-state index is 6.08. The Morgan fingerprint density at radius 3 is 2.78 bits per heavy atom. The quantitative estimate of drug-likeness (QED) is 0.442. The summed E-state index contributed by atoms with van der Waals surface area (Å²) < 4.78 is 7.25. The lowest BCUT2D eigenvalue weighted by atomic mass is 10.1. The second-order valence-electron chi connectivity index (χ2n) is 6.38. The fourth-order valence-corrected chi connectivity index (χ4v) is 2.67. The Labute approximate surface area is 158 Å². The van der Waals surface area contributed by atoms with Gasteiger partial charge in [0.25, 0.3) is 0 Å². The molecule has 2 aromatic heterocycles. The monoisotopic (exact) mass is 370 g/mol. The van der Waals surface area contributed by atoms with Crippen molar-refractivity contribution >= 4 is 28.6 Å². The third-order valence-electron chi connectivity index (χ3n) is 4.18. The highest BCUT2D eigenvalue weighted by Gasteiger charge is 2.13. The largest absolute Gasteiger partial charge is 0.497 e. The molecule has 2 heterocycles. The number of fused-ring (bicyclic) bond motifs is 1. The lowest BCUT2D eigenvalue weighted by molar-refractivity contribution is 0.414. The lowest BCUT2D eigenvalue weighted by Gasteiger charge is -2.13. The first-order valence-corrected chi connectivity index (χ1v) is 8.90. The first kappa shape index (κ1) is 18.7. The zero-order valence-electron chi connectivity index (χ0n) is 15.9. The van der Waals surface area contributed by atoms with Crippen LogP contribution >= 0.6 is 0 Å². The van der Waals surface area contributed by atoms with Gasteiger partial charge in [0.1, 0.15) is 5.75 Å². The summed E-state index contributed by atoms with van der Waals surface area (Å²) >= 11 is 0. The second-order valence-corrected chi connectivity index (χ2v) is 6.38. The molecular formula is C18H26N8O. The molecule has 0 spiro atoms. The van der Waals surface area contributed by atoms with Crippen LogP contribution in [0.3, 0.4) is 0 Å². The molecule has 6 N–H and O–H groups in total. The molecule has 27 heavy (non-hydrogen) atoms.